The Morgan fingerprint density at radius 2 is 1.95 bits per heavy atom. The van der Waals surface area contributed by atoms with Crippen LogP contribution in [0.3, 0.4) is 0 Å². The van der Waals surface area contributed by atoms with Crippen LogP contribution in [0.25, 0.3) is 10.8 Å². The van der Waals surface area contributed by atoms with Gasteiger partial charge in [-0.25, -0.2) is 0 Å². The van der Waals surface area contributed by atoms with Crippen LogP contribution in [-0.2, 0) is 25.6 Å². The fourth-order valence-electron chi connectivity index (χ4n) is 4.67. The zero-order valence-electron chi connectivity index (χ0n) is 21.6. The molecule has 39 heavy (non-hydrogen) atoms. The first-order valence-corrected chi connectivity index (χ1v) is 12.8. The summed E-state index contributed by atoms with van der Waals surface area (Å²) in [6.07, 6.45) is 2.38. The Morgan fingerprint density at radius 1 is 1.15 bits per heavy atom. The maximum atomic E-state index is 13.2. The Balaban J connectivity index is 1.42. The third kappa shape index (κ3) is 7.28. The number of hydrogen-bond donors (Lipinski definition) is 4. The van der Waals surface area contributed by atoms with Crippen molar-refractivity contribution in [2.45, 2.75) is 44.7 Å². The molecule has 1 aliphatic rings. The second-order valence-electron chi connectivity index (χ2n) is 9.59. The summed E-state index contributed by atoms with van der Waals surface area (Å²) in [5.41, 5.74) is 0.864. The highest BCUT2D eigenvalue weighted by molar-refractivity contribution is 5.97. The number of nitrogens with one attached hydrogen (secondary N) is 4. The van der Waals surface area contributed by atoms with E-state index in [2.05, 4.69) is 26.4 Å². The van der Waals surface area contributed by atoms with E-state index in [0.29, 0.717) is 25.0 Å². The molecule has 0 saturated carbocycles. The van der Waals surface area contributed by atoms with Crippen molar-refractivity contribution in [1.82, 2.24) is 26.4 Å². The Kier molecular flexibility index (Phi) is 9.03. The number of aromatic nitrogens is 1. The highest BCUT2D eigenvalue weighted by atomic mass is 16.5. The number of rotatable bonds is 11. The van der Waals surface area contributed by atoms with Crippen LogP contribution in [0.5, 0.6) is 0 Å². The number of aryl methyl sites for hydroxylation is 1. The van der Waals surface area contributed by atoms with Gasteiger partial charge in [0.15, 0.2) is 5.69 Å². The van der Waals surface area contributed by atoms with Gasteiger partial charge in [0.1, 0.15) is 18.1 Å². The van der Waals surface area contributed by atoms with Crippen molar-refractivity contribution < 1.29 is 28.5 Å². The first-order chi connectivity index (χ1) is 18.8. The highest BCUT2D eigenvalue weighted by Gasteiger charge is 2.27. The first-order valence-electron chi connectivity index (χ1n) is 12.8. The quantitative estimate of drug-likeness (QED) is 0.269. The van der Waals surface area contributed by atoms with E-state index in [4.69, 9.17) is 4.52 Å². The van der Waals surface area contributed by atoms with Crippen LogP contribution in [0.4, 0.5) is 0 Å². The Hall–Kier alpha value is -4.54. The van der Waals surface area contributed by atoms with E-state index in [0.717, 1.165) is 22.8 Å². The van der Waals surface area contributed by atoms with E-state index in [1.54, 1.807) is 6.92 Å². The van der Waals surface area contributed by atoms with Gasteiger partial charge in [0.25, 0.3) is 5.91 Å². The van der Waals surface area contributed by atoms with Crippen LogP contribution in [0.15, 0.2) is 53.1 Å². The normalized spacial score (nSPS) is 16.5. The summed E-state index contributed by atoms with van der Waals surface area (Å²) in [6.45, 7) is 1.84. The molecule has 4 amide bonds. The lowest BCUT2D eigenvalue weighted by Gasteiger charge is -2.24. The van der Waals surface area contributed by atoms with Gasteiger partial charge in [-0.15, -0.1) is 0 Å². The molecule has 0 bridgehead atoms. The van der Waals surface area contributed by atoms with Gasteiger partial charge in [-0.1, -0.05) is 47.6 Å². The predicted molar refractivity (Wildman–Crippen MR) is 142 cm³/mol. The number of carbonyl (C=O) groups excluding carboxylic acids is 5. The number of carbonyl (C=O) groups is 5. The molecule has 0 radical (unpaired) electrons. The number of aldehydes is 1. The van der Waals surface area contributed by atoms with Gasteiger partial charge >= 0.3 is 0 Å². The molecule has 2 heterocycles. The molecule has 0 aliphatic carbocycles. The van der Waals surface area contributed by atoms with Crippen LogP contribution in [0.2, 0.25) is 0 Å². The number of benzene rings is 2. The van der Waals surface area contributed by atoms with Crippen LogP contribution in [0, 0.1) is 12.8 Å². The average molecular weight is 534 g/mol. The van der Waals surface area contributed by atoms with Gasteiger partial charge in [-0.05, 0) is 42.5 Å². The molecule has 1 aromatic heterocycles. The molecule has 1 fully saturated rings. The van der Waals surface area contributed by atoms with Crippen molar-refractivity contribution in [1.29, 1.82) is 0 Å². The summed E-state index contributed by atoms with van der Waals surface area (Å²) >= 11 is 0. The van der Waals surface area contributed by atoms with Gasteiger partial charge in [-0.2, -0.15) is 0 Å². The molecule has 1 aliphatic heterocycles. The van der Waals surface area contributed by atoms with Gasteiger partial charge < -0.3 is 30.6 Å². The van der Waals surface area contributed by atoms with Crippen molar-refractivity contribution in [2.24, 2.45) is 5.92 Å². The average Bonchev–Trinajstić information content (AvgIpc) is 3.38. The Labute approximate surface area is 225 Å². The largest absolute Gasteiger partial charge is 0.361 e. The lowest BCUT2D eigenvalue weighted by atomic mass is 9.92. The zero-order valence-corrected chi connectivity index (χ0v) is 21.6. The van der Waals surface area contributed by atoms with E-state index < -0.39 is 36.3 Å². The van der Waals surface area contributed by atoms with Gasteiger partial charge in [0, 0.05) is 24.9 Å². The minimum Gasteiger partial charge on any atom is -0.361 e. The van der Waals surface area contributed by atoms with Crippen LogP contribution < -0.4 is 21.3 Å². The number of nitrogens with zero attached hydrogens (tertiary/aromatic N) is 1. The molecule has 0 unspecified atom stereocenters. The van der Waals surface area contributed by atoms with E-state index in [1.807, 2.05) is 42.5 Å². The minimum absolute atomic E-state index is 0.0292. The summed E-state index contributed by atoms with van der Waals surface area (Å²) in [7, 11) is 0. The third-order valence-electron chi connectivity index (χ3n) is 6.66. The molecule has 0 spiro atoms. The maximum absolute atomic E-state index is 13.2. The smallest absolute Gasteiger partial charge is 0.274 e. The van der Waals surface area contributed by atoms with Crippen LogP contribution in [0.1, 0.15) is 41.1 Å². The lowest BCUT2D eigenvalue weighted by molar-refractivity contribution is -0.129. The molecule has 4 N–H and O–H groups in total. The Morgan fingerprint density at radius 3 is 2.69 bits per heavy atom. The van der Waals surface area contributed by atoms with E-state index >= 15 is 0 Å². The molecule has 204 valence electrons. The van der Waals surface area contributed by atoms with Crippen LogP contribution in [-0.4, -0.2) is 60.2 Å². The fourth-order valence-corrected chi connectivity index (χ4v) is 4.67. The molecule has 11 nitrogen and oxygen atoms in total. The molecule has 11 heteroatoms. The van der Waals surface area contributed by atoms with E-state index in [1.165, 1.54) is 6.07 Å². The summed E-state index contributed by atoms with van der Waals surface area (Å²) in [4.78, 5) is 62.1. The Bertz CT molecular complexity index is 1360. The zero-order chi connectivity index (χ0) is 27.8. The maximum Gasteiger partial charge on any atom is 0.274 e. The van der Waals surface area contributed by atoms with Crippen molar-refractivity contribution in [2.75, 3.05) is 13.1 Å². The van der Waals surface area contributed by atoms with Gasteiger partial charge in [0.05, 0.1) is 12.6 Å². The molecule has 3 atom stereocenters. The summed E-state index contributed by atoms with van der Waals surface area (Å²) in [6, 6.07) is 13.0. The third-order valence-corrected chi connectivity index (χ3v) is 6.66. The number of piperidine rings is 1. The number of amides is 4. The van der Waals surface area contributed by atoms with Crippen molar-refractivity contribution in [3.63, 3.8) is 0 Å². The summed E-state index contributed by atoms with van der Waals surface area (Å²) in [5, 5.41) is 16.2. The molecule has 2 aromatic carbocycles. The minimum atomic E-state index is -1.03. The lowest BCUT2D eigenvalue weighted by Crippen LogP contribution is -2.51. The fraction of sp³-hybridized carbons (Fsp3) is 0.357. The van der Waals surface area contributed by atoms with Crippen LogP contribution >= 0.6 is 0 Å². The van der Waals surface area contributed by atoms with Crippen molar-refractivity contribution in [3.8, 4) is 0 Å². The molecule has 1 saturated heterocycles. The van der Waals surface area contributed by atoms with E-state index in [-0.39, 0.29) is 30.4 Å². The standard InChI is InChI=1S/C28H31N5O6/c1-17-12-24(33-39-17)28(38)32-23(14-19-8-4-7-18-6-2-3-10-22(18)19)27(37)30-15-25(35)31-21(16-34)13-20-9-5-11-29-26(20)36/h2-4,6-8,10,12,16,20-21,23H,5,9,11,13-15H2,1H3,(H,29,36)(H,30,37)(H,31,35)(H,32,38)/t20-,21-,23+/m0/s1. The number of fused-ring (bicyclic) bond motifs is 1. The first kappa shape index (κ1) is 27.5. The summed E-state index contributed by atoms with van der Waals surface area (Å²) in [5.74, 6) is -1.81. The van der Waals surface area contributed by atoms with Crippen molar-refractivity contribution in [3.05, 3.63) is 65.5 Å². The second-order valence-corrected chi connectivity index (χ2v) is 9.59. The topological polar surface area (TPSA) is 160 Å². The SMILES string of the molecule is Cc1cc(C(=O)N[C@H](Cc2cccc3ccccc23)C(=O)NCC(=O)N[C@H](C=O)C[C@@H]2CCCNC2=O)no1. The van der Waals surface area contributed by atoms with E-state index in [9.17, 15) is 24.0 Å². The van der Waals surface area contributed by atoms with Gasteiger partial charge in [0.2, 0.25) is 17.7 Å². The predicted octanol–water partition coefficient (Wildman–Crippen LogP) is 1.19. The molecule has 4 rings (SSSR count). The number of hydrogen-bond acceptors (Lipinski definition) is 7. The monoisotopic (exact) mass is 533 g/mol. The molecular weight excluding hydrogens is 502 g/mol. The van der Waals surface area contributed by atoms with Crippen molar-refractivity contribution >= 4 is 40.7 Å². The second kappa shape index (κ2) is 12.8. The molecule has 3 aromatic rings. The molecular formula is C28H31N5O6. The highest BCUT2D eigenvalue weighted by Crippen LogP contribution is 2.20. The van der Waals surface area contributed by atoms with Gasteiger partial charge in [-0.3, -0.25) is 19.2 Å². The summed E-state index contributed by atoms with van der Waals surface area (Å²) < 4.78 is 4.97.